The van der Waals surface area contributed by atoms with Gasteiger partial charge in [0.2, 0.25) is 5.12 Å². The van der Waals surface area contributed by atoms with E-state index in [1.165, 1.54) is 12.1 Å². The summed E-state index contributed by atoms with van der Waals surface area (Å²) in [5, 5.41) is 11.3. The predicted molar refractivity (Wildman–Crippen MR) is 86.7 cm³/mol. The second-order valence-corrected chi connectivity index (χ2v) is 5.52. The molecule has 3 rings (SSSR count). The molecule has 2 aromatic carbocycles. The summed E-state index contributed by atoms with van der Waals surface area (Å²) in [7, 11) is 0. The zero-order valence-corrected chi connectivity index (χ0v) is 12.1. The highest BCUT2D eigenvalue weighted by Crippen LogP contribution is 2.29. The highest BCUT2D eigenvalue weighted by molar-refractivity contribution is 8.27. The Morgan fingerprint density at radius 2 is 1.86 bits per heavy atom. The molecule has 0 atom stereocenters. The molecule has 6 heteroatoms. The SMILES string of the molecule is O=C1SC(c2ccccc2)=N/C1=C/c1cccc([N+](=O)[O-])c1. The van der Waals surface area contributed by atoms with Crippen molar-refractivity contribution in [3.8, 4) is 0 Å². The van der Waals surface area contributed by atoms with E-state index in [4.69, 9.17) is 0 Å². The van der Waals surface area contributed by atoms with Gasteiger partial charge in [-0.15, -0.1) is 0 Å². The molecule has 0 saturated carbocycles. The summed E-state index contributed by atoms with van der Waals surface area (Å²) >= 11 is 1.07. The molecule has 0 bridgehead atoms. The highest BCUT2D eigenvalue weighted by Gasteiger charge is 2.23. The van der Waals surface area contributed by atoms with E-state index < -0.39 is 4.92 Å². The molecule has 1 aliphatic heterocycles. The Morgan fingerprint density at radius 3 is 2.59 bits per heavy atom. The predicted octanol–water partition coefficient (Wildman–Crippen LogP) is 3.66. The van der Waals surface area contributed by atoms with E-state index >= 15 is 0 Å². The Balaban J connectivity index is 1.94. The third-order valence-corrected chi connectivity index (χ3v) is 3.94. The molecule has 0 unspecified atom stereocenters. The largest absolute Gasteiger partial charge is 0.279 e. The second kappa shape index (κ2) is 5.95. The van der Waals surface area contributed by atoms with Gasteiger partial charge >= 0.3 is 0 Å². The zero-order valence-electron chi connectivity index (χ0n) is 11.3. The first kappa shape index (κ1) is 14.2. The average Bonchev–Trinajstić information content (AvgIpc) is 2.89. The van der Waals surface area contributed by atoms with Gasteiger partial charge in [-0.25, -0.2) is 4.99 Å². The number of aliphatic imine (C=N–C) groups is 1. The van der Waals surface area contributed by atoms with Crippen molar-refractivity contribution in [1.82, 2.24) is 0 Å². The molecule has 2 aromatic rings. The van der Waals surface area contributed by atoms with Crippen LogP contribution in [0.2, 0.25) is 0 Å². The van der Waals surface area contributed by atoms with Crippen LogP contribution >= 0.6 is 11.8 Å². The van der Waals surface area contributed by atoms with Gasteiger partial charge in [0.05, 0.1) is 4.92 Å². The number of hydrogen-bond acceptors (Lipinski definition) is 5. The maximum absolute atomic E-state index is 12.0. The van der Waals surface area contributed by atoms with Crippen molar-refractivity contribution in [3.05, 3.63) is 81.5 Å². The first-order valence-corrected chi connectivity index (χ1v) is 7.27. The van der Waals surface area contributed by atoms with Gasteiger partial charge in [0.15, 0.2) is 0 Å². The number of benzene rings is 2. The summed E-state index contributed by atoms with van der Waals surface area (Å²) in [6.45, 7) is 0. The Bertz CT molecular complexity index is 813. The number of hydrogen-bond donors (Lipinski definition) is 0. The summed E-state index contributed by atoms with van der Waals surface area (Å²) in [6.07, 6.45) is 1.57. The third-order valence-electron chi connectivity index (χ3n) is 3.03. The number of rotatable bonds is 3. The van der Waals surface area contributed by atoms with E-state index in [9.17, 15) is 14.9 Å². The Morgan fingerprint density at radius 1 is 1.09 bits per heavy atom. The van der Waals surface area contributed by atoms with E-state index in [1.54, 1.807) is 18.2 Å². The van der Waals surface area contributed by atoms with E-state index in [0.29, 0.717) is 16.3 Å². The van der Waals surface area contributed by atoms with Crippen LogP contribution in [0.25, 0.3) is 6.08 Å². The number of thioether (sulfide) groups is 1. The minimum atomic E-state index is -0.466. The van der Waals surface area contributed by atoms with Crippen LogP contribution in [0.3, 0.4) is 0 Å². The van der Waals surface area contributed by atoms with Crippen LogP contribution in [0.4, 0.5) is 5.69 Å². The lowest BCUT2D eigenvalue weighted by Crippen LogP contribution is -1.92. The van der Waals surface area contributed by atoms with E-state index in [0.717, 1.165) is 17.3 Å². The summed E-state index contributed by atoms with van der Waals surface area (Å²) < 4.78 is 0. The summed E-state index contributed by atoms with van der Waals surface area (Å²) in [5.74, 6) is 0. The lowest BCUT2D eigenvalue weighted by molar-refractivity contribution is -0.384. The van der Waals surface area contributed by atoms with Crippen molar-refractivity contribution >= 4 is 33.7 Å². The van der Waals surface area contributed by atoms with Crippen LogP contribution in [0.1, 0.15) is 11.1 Å². The summed E-state index contributed by atoms with van der Waals surface area (Å²) in [5.41, 5.74) is 1.74. The van der Waals surface area contributed by atoms with E-state index in [2.05, 4.69) is 4.99 Å². The van der Waals surface area contributed by atoms with Gasteiger partial charge in [0, 0.05) is 17.7 Å². The minimum Gasteiger partial charge on any atom is -0.279 e. The lowest BCUT2D eigenvalue weighted by atomic mass is 10.2. The van der Waals surface area contributed by atoms with Gasteiger partial charge in [0.1, 0.15) is 10.7 Å². The number of nitro benzene ring substituents is 1. The molecule has 5 nitrogen and oxygen atoms in total. The lowest BCUT2D eigenvalue weighted by Gasteiger charge is -1.95. The molecular weight excluding hydrogens is 300 g/mol. The molecule has 0 aromatic heterocycles. The van der Waals surface area contributed by atoms with Gasteiger partial charge in [-0.1, -0.05) is 42.5 Å². The van der Waals surface area contributed by atoms with Crippen molar-refractivity contribution in [3.63, 3.8) is 0 Å². The monoisotopic (exact) mass is 310 g/mol. The van der Waals surface area contributed by atoms with Gasteiger partial charge in [-0.3, -0.25) is 14.9 Å². The molecule has 1 heterocycles. The number of nitrogens with zero attached hydrogens (tertiary/aromatic N) is 2. The molecule has 0 aliphatic carbocycles. The maximum atomic E-state index is 12.0. The van der Waals surface area contributed by atoms with Gasteiger partial charge in [-0.05, 0) is 23.4 Å². The van der Waals surface area contributed by atoms with Crippen molar-refractivity contribution in [1.29, 1.82) is 0 Å². The quantitative estimate of drug-likeness (QED) is 0.493. The van der Waals surface area contributed by atoms with Crippen LogP contribution in [-0.2, 0) is 4.79 Å². The molecule has 0 saturated heterocycles. The molecule has 0 radical (unpaired) electrons. The molecule has 0 amide bonds. The Hall–Kier alpha value is -2.73. The number of carbonyl (C=O) groups is 1. The number of nitro groups is 1. The summed E-state index contributed by atoms with van der Waals surface area (Å²) in [4.78, 5) is 26.7. The van der Waals surface area contributed by atoms with Crippen molar-refractivity contribution in [2.45, 2.75) is 0 Å². The van der Waals surface area contributed by atoms with Crippen LogP contribution in [-0.4, -0.2) is 15.1 Å². The highest BCUT2D eigenvalue weighted by atomic mass is 32.2. The van der Waals surface area contributed by atoms with Crippen molar-refractivity contribution in [2.75, 3.05) is 0 Å². The first-order valence-electron chi connectivity index (χ1n) is 6.46. The molecular formula is C16H10N2O3S. The zero-order chi connectivity index (χ0) is 15.5. The minimum absolute atomic E-state index is 0.0142. The van der Waals surface area contributed by atoms with Crippen LogP contribution in [0, 0.1) is 10.1 Å². The van der Waals surface area contributed by atoms with Crippen LogP contribution in [0.15, 0.2) is 65.3 Å². The summed E-state index contributed by atoms with van der Waals surface area (Å²) in [6, 6.07) is 15.5. The fraction of sp³-hybridized carbons (Fsp3) is 0. The standard InChI is InChI=1S/C16H10N2O3S/c19-16-14(10-11-5-4-8-13(9-11)18(20)21)17-15(22-16)12-6-2-1-3-7-12/h1-10H/b14-10+. The second-order valence-electron chi connectivity index (χ2n) is 4.55. The topological polar surface area (TPSA) is 72.6 Å². The Kier molecular flexibility index (Phi) is 3.84. The molecule has 0 fully saturated rings. The molecule has 0 N–H and O–H groups in total. The van der Waals surface area contributed by atoms with Gasteiger partial charge in [-0.2, -0.15) is 0 Å². The smallest absolute Gasteiger partial charge is 0.270 e. The van der Waals surface area contributed by atoms with Gasteiger partial charge in [0.25, 0.3) is 5.69 Å². The van der Waals surface area contributed by atoms with E-state index in [1.807, 2.05) is 30.3 Å². The van der Waals surface area contributed by atoms with Gasteiger partial charge < -0.3 is 0 Å². The fourth-order valence-corrected chi connectivity index (χ4v) is 2.78. The molecule has 0 spiro atoms. The third kappa shape index (κ3) is 2.96. The molecule has 22 heavy (non-hydrogen) atoms. The van der Waals surface area contributed by atoms with Crippen LogP contribution in [0.5, 0.6) is 0 Å². The van der Waals surface area contributed by atoms with E-state index in [-0.39, 0.29) is 10.8 Å². The molecule has 108 valence electrons. The van der Waals surface area contributed by atoms with Crippen molar-refractivity contribution < 1.29 is 9.72 Å². The van der Waals surface area contributed by atoms with Crippen LogP contribution < -0.4 is 0 Å². The molecule has 1 aliphatic rings. The normalized spacial score (nSPS) is 15.9. The average molecular weight is 310 g/mol. The number of carbonyl (C=O) groups excluding carboxylic acids is 1. The Labute approximate surface area is 130 Å². The first-order chi connectivity index (χ1) is 10.6. The maximum Gasteiger partial charge on any atom is 0.270 e. The number of non-ortho nitro benzene ring substituents is 1. The fourth-order valence-electron chi connectivity index (χ4n) is 2.00. The van der Waals surface area contributed by atoms with Crippen molar-refractivity contribution in [2.24, 2.45) is 4.99 Å².